The van der Waals surface area contributed by atoms with Gasteiger partial charge in [0.25, 0.3) is 5.91 Å². The van der Waals surface area contributed by atoms with Gasteiger partial charge < -0.3 is 9.80 Å². The maximum absolute atomic E-state index is 13.6. The topological polar surface area (TPSA) is 40.6 Å². The molecule has 0 aromatic heterocycles. The second kappa shape index (κ2) is 7.00. The summed E-state index contributed by atoms with van der Waals surface area (Å²) in [5.41, 5.74) is -0.514. The lowest BCUT2D eigenvalue weighted by Gasteiger charge is -2.34. The van der Waals surface area contributed by atoms with Gasteiger partial charge in [-0.15, -0.1) is 11.6 Å². The molecule has 8 heteroatoms. The van der Waals surface area contributed by atoms with Crippen molar-refractivity contribution in [2.24, 2.45) is 0 Å². The van der Waals surface area contributed by atoms with Crippen molar-refractivity contribution in [2.75, 3.05) is 32.1 Å². The van der Waals surface area contributed by atoms with E-state index < -0.39 is 28.9 Å². The molecule has 0 radical (unpaired) electrons. The Hall–Kier alpha value is -1.76. The first-order valence-corrected chi connectivity index (χ1v) is 7.25. The zero-order valence-electron chi connectivity index (χ0n) is 11.6. The molecule has 0 aliphatic carbocycles. The average Bonchev–Trinajstić information content (AvgIpc) is 2.52. The summed E-state index contributed by atoms with van der Waals surface area (Å²) in [7, 11) is 0. The number of benzene rings is 1. The van der Waals surface area contributed by atoms with Crippen LogP contribution in [0.3, 0.4) is 0 Å². The molecule has 0 bridgehead atoms. The summed E-state index contributed by atoms with van der Waals surface area (Å²) in [6.07, 6.45) is 0.216. The van der Waals surface area contributed by atoms with Crippen molar-refractivity contribution in [3.05, 3.63) is 35.1 Å². The number of carbonyl (C=O) groups excluding carboxylic acids is 2. The molecule has 120 valence electrons. The molecule has 1 aromatic rings. The molecule has 0 N–H and O–H groups in total. The number of halogens is 4. The van der Waals surface area contributed by atoms with E-state index in [9.17, 15) is 22.8 Å². The van der Waals surface area contributed by atoms with Gasteiger partial charge in [-0.3, -0.25) is 9.59 Å². The molecule has 1 aliphatic rings. The van der Waals surface area contributed by atoms with Crippen LogP contribution in [0.2, 0.25) is 0 Å². The van der Waals surface area contributed by atoms with E-state index in [-0.39, 0.29) is 31.3 Å². The fourth-order valence-corrected chi connectivity index (χ4v) is 2.42. The first-order valence-electron chi connectivity index (χ1n) is 6.72. The number of rotatable bonds is 3. The zero-order chi connectivity index (χ0) is 16.3. The highest BCUT2D eigenvalue weighted by atomic mass is 35.5. The molecule has 0 spiro atoms. The normalized spacial score (nSPS) is 15.1. The number of carbonyl (C=O) groups is 2. The van der Waals surface area contributed by atoms with Crippen molar-refractivity contribution in [3.63, 3.8) is 0 Å². The number of piperazine rings is 1. The van der Waals surface area contributed by atoms with Gasteiger partial charge in [0.1, 0.15) is 0 Å². The fraction of sp³-hybridized carbons (Fsp3) is 0.429. The minimum Gasteiger partial charge on any atom is -0.339 e. The summed E-state index contributed by atoms with van der Waals surface area (Å²) in [5.74, 6) is -5.11. The van der Waals surface area contributed by atoms with E-state index in [1.807, 2.05) is 0 Å². The highest BCUT2D eigenvalue weighted by Crippen LogP contribution is 2.18. The van der Waals surface area contributed by atoms with Crippen molar-refractivity contribution in [2.45, 2.75) is 6.42 Å². The van der Waals surface area contributed by atoms with Crippen molar-refractivity contribution in [3.8, 4) is 0 Å². The van der Waals surface area contributed by atoms with Gasteiger partial charge in [0.2, 0.25) is 5.91 Å². The van der Waals surface area contributed by atoms with E-state index in [0.717, 1.165) is 6.07 Å². The maximum Gasteiger partial charge on any atom is 0.257 e. The standard InChI is InChI=1S/C14H14ClF3N2O2/c15-4-3-11(21)19-5-7-20(8-6-19)14(22)9-1-2-10(16)13(18)12(9)17/h1-2H,3-8H2. The molecular weight excluding hydrogens is 321 g/mol. The molecule has 1 saturated heterocycles. The van der Waals surface area contributed by atoms with Crippen molar-refractivity contribution in [1.29, 1.82) is 0 Å². The van der Waals surface area contributed by atoms with Crippen molar-refractivity contribution in [1.82, 2.24) is 9.80 Å². The quantitative estimate of drug-likeness (QED) is 0.627. The van der Waals surface area contributed by atoms with Crippen LogP contribution in [0.1, 0.15) is 16.8 Å². The second-order valence-electron chi connectivity index (χ2n) is 4.83. The molecule has 1 aromatic carbocycles. The maximum atomic E-state index is 13.6. The molecule has 2 rings (SSSR count). The van der Waals surface area contributed by atoms with Crippen LogP contribution < -0.4 is 0 Å². The van der Waals surface area contributed by atoms with E-state index in [1.165, 1.54) is 4.90 Å². The van der Waals surface area contributed by atoms with Crippen LogP contribution >= 0.6 is 11.6 Å². The van der Waals surface area contributed by atoms with Crippen LogP contribution in [-0.2, 0) is 4.79 Å². The molecule has 0 saturated carbocycles. The highest BCUT2D eigenvalue weighted by molar-refractivity contribution is 6.18. The summed E-state index contributed by atoms with van der Waals surface area (Å²) in [5, 5.41) is 0. The molecule has 1 heterocycles. The van der Waals surface area contributed by atoms with Crippen LogP contribution in [0.15, 0.2) is 12.1 Å². The summed E-state index contributed by atoms with van der Waals surface area (Å²) in [6, 6.07) is 1.63. The Morgan fingerprint density at radius 1 is 1.00 bits per heavy atom. The molecule has 0 unspecified atom stereocenters. The third-order valence-corrected chi connectivity index (χ3v) is 3.68. The van der Waals surface area contributed by atoms with Gasteiger partial charge in [-0.2, -0.15) is 0 Å². The Labute approximate surface area is 130 Å². The molecule has 1 fully saturated rings. The predicted molar refractivity (Wildman–Crippen MR) is 74.1 cm³/mol. The van der Waals surface area contributed by atoms with E-state index in [2.05, 4.69) is 0 Å². The number of alkyl halides is 1. The monoisotopic (exact) mass is 334 g/mol. The largest absolute Gasteiger partial charge is 0.339 e. The van der Waals surface area contributed by atoms with Crippen LogP contribution in [-0.4, -0.2) is 53.7 Å². The fourth-order valence-electron chi connectivity index (χ4n) is 2.26. The first kappa shape index (κ1) is 16.6. The first-order chi connectivity index (χ1) is 10.5. The van der Waals surface area contributed by atoms with Crippen LogP contribution in [0, 0.1) is 17.5 Å². The Morgan fingerprint density at radius 2 is 1.59 bits per heavy atom. The van der Waals surface area contributed by atoms with Gasteiger partial charge in [-0.25, -0.2) is 13.2 Å². The SMILES string of the molecule is O=C(CCCl)N1CCN(C(=O)c2ccc(F)c(F)c2F)CC1. The third-order valence-electron chi connectivity index (χ3n) is 3.49. The number of nitrogens with zero attached hydrogens (tertiary/aromatic N) is 2. The van der Waals surface area contributed by atoms with Gasteiger partial charge in [0.15, 0.2) is 17.5 Å². The van der Waals surface area contributed by atoms with Crippen molar-refractivity contribution < 1.29 is 22.8 Å². The lowest BCUT2D eigenvalue weighted by atomic mass is 10.1. The Morgan fingerprint density at radius 3 is 2.18 bits per heavy atom. The molecular formula is C14H14ClF3N2O2. The van der Waals surface area contributed by atoms with Crippen LogP contribution in [0.25, 0.3) is 0 Å². The lowest BCUT2D eigenvalue weighted by molar-refractivity contribution is -0.132. The Balaban J connectivity index is 2.04. The Kier molecular flexibility index (Phi) is 5.28. The van der Waals surface area contributed by atoms with E-state index in [1.54, 1.807) is 4.90 Å². The van der Waals surface area contributed by atoms with Crippen LogP contribution in [0.4, 0.5) is 13.2 Å². The predicted octanol–water partition coefficient (Wildman–Crippen LogP) is 2.02. The van der Waals surface area contributed by atoms with E-state index in [4.69, 9.17) is 11.6 Å². The smallest absolute Gasteiger partial charge is 0.257 e. The second-order valence-corrected chi connectivity index (χ2v) is 5.21. The van der Waals surface area contributed by atoms with Crippen LogP contribution in [0.5, 0.6) is 0 Å². The lowest BCUT2D eigenvalue weighted by Crippen LogP contribution is -2.50. The van der Waals surface area contributed by atoms with Gasteiger partial charge >= 0.3 is 0 Å². The van der Waals surface area contributed by atoms with E-state index >= 15 is 0 Å². The highest BCUT2D eigenvalue weighted by Gasteiger charge is 2.27. The molecule has 2 amide bonds. The summed E-state index contributed by atoms with van der Waals surface area (Å²) in [4.78, 5) is 26.7. The van der Waals surface area contributed by atoms with E-state index in [0.29, 0.717) is 19.2 Å². The number of hydrogen-bond acceptors (Lipinski definition) is 2. The van der Waals surface area contributed by atoms with Gasteiger partial charge in [0, 0.05) is 38.5 Å². The average molecular weight is 335 g/mol. The van der Waals surface area contributed by atoms with Crippen molar-refractivity contribution >= 4 is 23.4 Å². The molecule has 0 atom stereocenters. The summed E-state index contributed by atoms with van der Waals surface area (Å²) >= 11 is 5.50. The minimum absolute atomic E-state index is 0.110. The number of amides is 2. The molecule has 22 heavy (non-hydrogen) atoms. The molecule has 4 nitrogen and oxygen atoms in total. The summed E-state index contributed by atoms with van der Waals surface area (Å²) < 4.78 is 39.7. The summed E-state index contributed by atoms with van der Waals surface area (Å²) in [6.45, 7) is 0.996. The third kappa shape index (κ3) is 3.35. The van der Waals surface area contributed by atoms with Gasteiger partial charge in [-0.1, -0.05) is 0 Å². The minimum atomic E-state index is -1.67. The Bertz CT molecular complexity index is 590. The van der Waals surface area contributed by atoms with Gasteiger partial charge in [0.05, 0.1) is 5.56 Å². The number of hydrogen-bond donors (Lipinski definition) is 0. The zero-order valence-corrected chi connectivity index (χ0v) is 12.4. The van der Waals surface area contributed by atoms with Gasteiger partial charge in [-0.05, 0) is 12.1 Å². The molecule has 1 aliphatic heterocycles.